The molecule has 0 aliphatic heterocycles. The predicted octanol–water partition coefficient (Wildman–Crippen LogP) is 4.33. The van der Waals surface area contributed by atoms with Gasteiger partial charge in [0.05, 0.1) is 19.7 Å². The first-order valence-electron chi connectivity index (χ1n) is 8.30. The number of ether oxygens (including phenoxy) is 1. The zero-order valence-electron chi connectivity index (χ0n) is 15.1. The number of amides is 1. The summed E-state index contributed by atoms with van der Waals surface area (Å²) >= 11 is 3.42. The van der Waals surface area contributed by atoms with Crippen molar-refractivity contribution in [3.63, 3.8) is 0 Å². The number of hydrogen-bond donors (Lipinski definition) is 1. The first kappa shape index (κ1) is 19.5. The lowest BCUT2D eigenvalue weighted by Gasteiger charge is -2.26. The molecule has 5 heteroatoms. The van der Waals surface area contributed by atoms with Crippen molar-refractivity contribution >= 4 is 21.8 Å². The predicted molar refractivity (Wildman–Crippen MR) is 105 cm³/mol. The van der Waals surface area contributed by atoms with Crippen molar-refractivity contribution in [1.29, 1.82) is 0 Å². The highest BCUT2D eigenvalue weighted by atomic mass is 79.9. The van der Waals surface area contributed by atoms with E-state index in [1.54, 1.807) is 7.11 Å². The smallest absolute Gasteiger partial charge is 0.234 e. The van der Waals surface area contributed by atoms with Crippen LogP contribution < -0.4 is 10.1 Å². The molecule has 0 aliphatic rings. The molecule has 1 amide bonds. The van der Waals surface area contributed by atoms with Crippen LogP contribution in [0.4, 0.5) is 0 Å². The Balaban J connectivity index is 1.96. The second-order valence-electron chi connectivity index (χ2n) is 6.17. The molecule has 0 aliphatic carbocycles. The highest BCUT2D eigenvalue weighted by Gasteiger charge is 2.19. The standard InChI is InChI=1S/C20H25BrN2O2/c1-14(16-9-11-17(21)12-10-16)22-20(24)13-23(3)15(2)18-7-5-6-8-19(18)25-4/h5-12,14-15H,13H2,1-4H3,(H,22,24). The fraction of sp³-hybridized carbons (Fsp3) is 0.350. The van der Waals surface area contributed by atoms with E-state index in [0.29, 0.717) is 6.54 Å². The monoisotopic (exact) mass is 404 g/mol. The van der Waals surface area contributed by atoms with E-state index in [9.17, 15) is 4.79 Å². The van der Waals surface area contributed by atoms with Crippen molar-refractivity contribution in [3.05, 3.63) is 64.1 Å². The van der Waals surface area contributed by atoms with Crippen molar-refractivity contribution in [2.45, 2.75) is 25.9 Å². The van der Waals surface area contributed by atoms with Crippen molar-refractivity contribution in [1.82, 2.24) is 10.2 Å². The molecule has 0 saturated carbocycles. The maximum Gasteiger partial charge on any atom is 0.234 e. The molecule has 4 nitrogen and oxygen atoms in total. The Morgan fingerprint density at radius 1 is 1.16 bits per heavy atom. The highest BCUT2D eigenvalue weighted by Crippen LogP contribution is 2.27. The Morgan fingerprint density at radius 2 is 1.80 bits per heavy atom. The molecular formula is C20H25BrN2O2. The molecule has 25 heavy (non-hydrogen) atoms. The Labute approximate surface area is 158 Å². The number of carbonyl (C=O) groups excluding carboxylic acids is 1. The average Bonchev–Trinajstić information content (AvgIpc) is 2.61. The van der Waals surface area contributed by atoms with Crippen LogP contribution in [0.25, 0.3) is 0 Å². The second-order valence-corrected chi connectivity index (χ2v) is 7.09. The summed E-state index contributed by atoms with van der Waals surface area (Å²) in [7, 11) is 3.61. The van der Waals surface area contributed by atoms with Gasteiger partial charge in [-0.05, 0) is 44.7 Å². The number of benzene rings is 2. The van der Waals surface area contributed by atoms with Gasteiger partial charge in [0.25, 0.3) is 0 Å². The lowest BCUT2D eigenvalue weighted by molar-refractivity contribution is -0.123. The SMILES string of the molecule is COc1ccccc1C(C)N(C)CC(=O)NC(C)c1ccc(Br)cc1. The van der Waals surface area contributed by atoms with Gasteiger partial charge in [0.1, 0.15) is 5.75 Å². The van der Waals surface area contributed by atoms with Gasteiger partial charge in [-0.1, -0.05) is 46.3 Å². The molecule has 0 fully saturated rings. The van der Waals surface area contributed by atoms with E-state index in [1.807, 2.05) is 67.4 Å². The Morgan fingerprint density at radius 3 is 2.44 bits per heavy atom. The third-order valence-electron chi connectivity index (χ3n) is 4.39. The number of likely N-dealkylation sites (N-methyl/N-ethyl adjacent to an activating group) is 1. The van der Waals surface area contributed by atoms with Gasteiger partial charge in [0, 0.05) is 16.1 Å². The number of nitrogens with one attached hydrogen (secondary N) is 1. The summed E-state index contributed by atoms with van der Waals surface area (Å²) < 4.78 is 6.45. The molecule has 2 aromatic carbocycles. The lowest BCUT2D eigenvalue weighted by atomic mass is 10.1. The highest BCUT2D eigenvalue weighted by molar-refractivity contribution is 9.10. The minimum Gasteiger partial charge on any atom is -0.496 e. The molecule has 0 spiro atoms. The number of methoxy groups -OCH3 is 1. The summed E-state index contributed by atoms with van der Waals surface area (Å²) in [5.74, 6) is 0.838. The number of halogens is 1. The number of hydrogen-bond acceptors (Lipinski definition) is 3. The fourth-order valence-electron chi connectivity index (χ4n) is 2.73. The molecule has 1 N–H and O–H groups in total. The Kier molecular flexibility index (Phi) is 7.02. The minimum absolute atomic E-state index is 0.000309. The van der Waals surface area contributed by atoms with E-state index in [-0.39, 0.29) is 18.0 Å². The maximum absolute atomic E-state index is 12.4. The van der Waals surface area contributed by atoms with Crippen LogP contribution in [0.5, 0.6) is 5.75 Å². The van der Waals surface area contributed by atoms with E-state index in [2.05, 4.69) is 28.2 Å². The van der Waals surface area contributed by atoms with Gasteiger partial charge < -0.3 is 10.1 Å². The van der Waals surface area contributed by atoms with E-state index in [0.717, 1.165) is 21.3 Å². The van der Waals surface area contributed by atoms with Crippen molar-refractivity contribution < 1.29 is 9.53 Å². The van der Waals surface area contributed by atoms with E-state index < -0.39 is 0 Å². The van der Waals surface area contributed by atoms with E-state index >= 15 is 0 Å². The van der Waals surface area contributed by atoms with E-state index in [1.165, 1.54) is 0 Å². The topological polar surface area (TPSA) is 41.6 Å². The molecule has 2 rings (SSSR count). The zero-order valence-corrected chi connectivity index (χ0v) is 16.7. The molecule has 0 aromatic heterocycles. The van der Waals surface area contributed by atoms with Gasteiger partial charge >= 0.3 is 0 Å². The number of nitrogens with zero attached hydrogens (tertiary/aromatic N) is 1. The van der Waals surface area contributed by atoms with Crippen LogP contribution in [0, 0.1) is 0 Å². The van der Waals surface area contributed by atoms with Crippen LogP contribution in [-0.2, 0) is 4.79 Å². The van der Waals surface area contributed by atoms with Gasteiger partial charge in [0.2, 0.25) is 5.91 Å². The molecule has 0 heterocycles. The fourth-order valence-corrected chi connectivity index (χ4v) is 3.00. The van der Waals surface area contributed by atoms with Crippen LogP contribution in [-0.4, -0.2) is 31.5 Å². The van der Waals surface area contributed by atoms with Gasteiger partial charge in [0.15, 0.2) is 0 Å². The van der Waals surface area contributed by atoms with E-state index in [4.69, 9.17) is 4.74 Å². The van der Waals surface area contributed by atoms with Gasteiger partial charge in [-0.2, -0.15) is 0 Å². The van der Waals surface area contributed by atoms with Gasteiger partial charge in [-0.3, -0.25) is 9.69 Å². The summed E-state index contributed by atoms with van der Waals surface area (Å²) in [5, 5.41) is 3.05. The molecule has 0 saturated heterocycles. The van der Waals surface area contributed by atoms with Crippen LogP contribution in [0.15, 0.2) is 53.0 Å². The Bertz CT molecular complexity index is 703. The zero-order chi connectivity index (χ0) is 18.4. The summed E-state index contributed by atoms with van der Waals surface area (Å²) in [6.07, 6.45) is 0. The van der Waals surface area contributed by atoms with Crippen LogP contribution in [0.3, 0.4) is 0 Å². The van der Waals surface area contributed by atoms with Crippen molar-refractivity contribution in [2.75, 3.05) is 20.7 Å². The molecule has 2 aromatic rings. The minimum atomic E-state index is -0.0319. The molecule has 0 bridgehead atoms. The largest absolute Gasteiger partial charge is 0.496 e. The lowest BCUT2D eigenvalue weighted by Crippen LogP contribution is -2.37. The van der Waals surface area contributed by atoms with Crippen molar-refractivity contribution in [2.24, 2.45) is 0 Å². The maximum atomic E-state index is 12.4. The second kappa shape index (κ2) is 9.02. The number of para-hydroxylation sites is 1. The third-order valence-corrected chi connectivity index (χ3v) is 4.92. The van der Waals surface area contributed by atoms with Gasteiger partial charge in [-0.25, -0.2) is 0 Å². The van der Waals surface area contributed by atoms with Crippen LogP contribution >= 0.6 is 15.9 Å². The molecule has 2 unspecified atom stereocenters. The molecule has 2 atom stereocenters. The normalized spacial score (nSPS) is 13.4. The summed E-state index contributed by atoms with van der Waals surface area (Å²) in [6.45, 7) is 4.38. The molecule has 0 radical (unpaired) electrons. The quantitative estimate of drug-likeness (QED) is 0.746. The summed E-state index contributed by atoms with van der Waals surface area (Å²) in [6, 6.07) is 15.9. The summed E-state index contributed by atoms with van der Waals surface area (Å²) in [5.41, 5.74) is 2.15. The molecular weight excluding hydrogens is 380 g/mol. The van der Waals surface area contributed by atoms with Crippen LogP contribution in [0.2, 0.25) is 0 Å². The van der Waals surface area contributed by atoms with Gasteiger partial charge in [-0.15, -0.1) is 0 Å². The Hall–Kier alpha value is -1.85. The van der Waals surface area contributed by atoms with Crippen molar-refractivity contribution in [3.8, 4) is 5.75 Å². The van der Waals surface area contributed by atoms with Crippen LogP contribution in [0.1, 0.15) is 37.1 Å². The average molecular weight is 405 g/mol. The molecule has 134 valence electrons. The first-order valence-corrected chi connectivity index (χ1v) is 9.09. The summed E-state index contributed by atoms with van der Waals surface area (Å²) in [4.78, 5) is 14.4. The first-order chi connectivity index (χ1) is 11.9. The number of rotatable bonds is 7. The third kappa shape index (κ3) is 5.31. The number of carbonyl (C=O) groups is 1.